The van der Waals surface area contributed by atoms with Crippen molar-refractivity contribution in [1.82, 2.24) is 5.32 Å². The van der Waals surface area contributed by atoms with E-state index in [2.05, 4.69) is 10.6 Å². The minimum Gasteiger partial charge on any atom is -0.489 e. The lowest BCUT2D eigenvalue weighted by molar-refractivity contribution is -0.115. The Kier molecular flexibility index (Phi) is 6.31. The van der Waals surface area contributed by atoms with Crippen molar-refractivity contribution >= 4 is 23.2 Å². The van der Waals surface area contributed by atoms with Crippen molar-refractivity contribution in [3.05, 3.63) is 59.1 Å². The Bertz CT molecular complexity index is 680. The van der Waals surface area contributed by atoms with Gasteiger partial charge in [-0.05, 0) is 54.8 Å². The van der Waals surface area contributed by atoms with Crippen LogP contribution in [0.5, 0.6) is 5.75 Å². The molecule has 132 valence electrons. The van der Waals surface area contributed by atoms with Gasteiger partial charge >= 0.3 is 0 Å². The third-order valence-electron chi connectivity index (χ3n) is 4.36. The standard InChI is InChI=1S/C20H23ClN2O2/c21-16-7-5-15(6-8-16)14-25-19-11-9-18(10-12-19)23-20(24)13-22-17-3-1-2-4-17/h5-12,17,22H,1-4,13-14H2,(H,23,24). The van der Waals surface area contributed by atoms with Crippen LogP contribution in [0.3, 0.4) is 0 Å². The smallest absolute Gasteiger partial charge is 0.238 e. The maximum Gasteiger partial charge on any atom is 0.238 e. The van der Waals surface area contributed by atoms with E-state index >= 15 is 0 Å². The van der Waals surface area contributed by atoms with Gasteiger partial charge < -0.3 is 15.4 Å². The van der Waals surface area contributed by atoms with Crippen molar-refractivity contribution in [1.29, 1.82) is 0 Å². The summed E-state index contributed by atoms with van der Waals surface area (Å²) in [6.45, 7) is 0.841. The number of hydrogen-bond donors (Lipinski definition) is 2. The van der Waals surface area contributed by atoms with Crippen LogP contribution in [-0.2, 0) is 11.4 Å². The summed E-state index contributed by atoms with van der Waals surface area (Å²) in [6, 6.07) is 15.5. The number of ether oxygens (including phenoxy) is 1. The van der Waals surface area contributed by atoms with E-state index in [4.69, 9.17) is 16.3 Å². The fraction of sp³-hybridized carbons (Fsp3) is 0.350. The number of anilines is 1. The summed E-state index contributed by atoms with van der Waals surface area (Å²) in [5.74, 6) is 0.749. The second-order valence-corrected chi connectivity index (χ2v) is 6.79. The first-order chi connectivity index (χ1) is 12.2. The molecule has 0 saturated heterocycles. The minimum atomic E-state index is -0.0123. The summed E-state index contributed by atoms with van der Waals surface area (Å²) in [7, 11) is 0. The second kappa shape index (κ2) is 8.88. The van der Waals surface area contributed by atoms with Gasteiger partial charge in [0.25, 0.3) is 0 Å². The van der Waals surface area contributed by atoms with E-state index in [1.54, 1.807) is 0 Å². The van der Waals surface area contributed by atoms with Gasteiger partial charge in [0.1, 0.15) is 12.4 Å². The molecule has 0 heterocycles. The van der Waals surface area contributed by atoms with Crippen molar-refractivity contribution < 1.29 is 9.53 Å². The Hall–Kier alpha value is -2.04. The van der Waals surface area contributed by atoms with Gasteiger partial charge in [-0.2, -0.15) is 0 Å². The molecule has 25 heavy (non-hydrogen) atoms. The second-order valence-electron chi connectivity index (χ2n) is 6.35. The van der Waals surface area contributed by atoms with E-state index in [0.717, 1.165) is 17.0 Å². The Morgan fingerprint density at radius 2 is 1.72 bits per heavy atom. The molecule has 1 saturated carbocycles. The van der Waals surface area contributed by atoms with E-state index in [1.807, 2.05) is 48.5 Å². The zero-order valence-electron chi connectivity index (χ0n) is 14.1. The minimum absolute atomic E-state index is 0.0123. The molecule has 2 aromatic rings. The first kappa shape index (κ1) is 17.8. The lowest BCUT2D eigenvalue weighted by atomic mass is 10.2. The van der Waals surface area contributed by atoms with Crippen LogP contribution in [-0.4, -0.2) is 18.5 Å². The molecule has 0 aliphatic heterocycles. The van der Waals surface area contributed by atoms with E-state index in [1.165, 1.54) is 25.7 Å². The largest absolute Gasteiger partial charge is 0.489 e. The highest BCUT2D eigenvalue weighted by molar-refractivity contribution is 6.30. The molecular formula is C20H23ClN2O2. The molecule has 0 radical (unpaired) electrons. The van der Waals surface area contributed by atoms with Crippen LogP contribution >= 0.6 is 11.6 Å². The Morgan fingerprint density at radius 1 is 1.04 bits per heavy atom. The third kappa shape index (κ3) is 5.76. The Morgan fingerprint density at radius 3 is 2.40 bits per heavy atom. The van der Waals surface area contributed by atoms with Crippen LogP contribution in [0.4, 0.5) is 5.69 Å². The van der Waals surface area contributed by atoms with Crippen molar-refractivity contribution in [2.24, 2.45) is 0 Å². The molecule has 3 rings (SSSR count). The molecule has 2 N–H and O–H groups in total. The number of carbonyl (C=O) groups is 1. The quantitative estimate of drug-likeness (QED) is 0.771. The topological polar surface area (TPSA) is 50.4 Å². The number of amides is 1. The van der Waals surface area contributed by atoms with E-state index in [9.17, 15) is 4.79 Å². The van der Waals surface area contributed by atoms with Gasteiger partial charge in [0, 0.05) is 16.8 Å². The van der Waals surface area contributed by atoms with Crippen molar-refractivity contribution in [2.45, 2.75) is 38.3 Å². The van der Waals surface area contributed by atoms with E-state index in [-0.39, 0.29) is 5.91 Å². The van der Waals surface area contributed by atoms with Crippen LogP contribution in [0.2, 0.25) is 5.02 Å². The van der Waals surface area contributed by atoms with Gasteiger partial charge in [0.2, 0.25) is 5.91 Å². The molecule has 0 spiro atoms. The number of hydrogen-bond acceptors (Lipinski definition) is 3. The van der Waals surface area contributed by atoms with Gasteiger partial charge in [-0.25, -0.2) is 0 Å². The Labute approximate surface area is 153 Å². The van der Waals surface area contributed by atoms with Crippen LogP contribution < -0.4 is 15.4 Å². The number of benzene rings is 2. The summed E-state index contributed by atoms with van der Waals surface area (Å²) < 4.78 is 5.74. The molecule has 0 atom stereocenters. The molecule has 1 aliphatic rings. The highest BCUT2D eigenvalue weighted by Crippen LogP contribution is 2.19. The average Bonchev–Trinajstić information content (AvgIpc) is 3.14. The first-order valence-electron chi connectivity index (χ1n) is 8.69. The fourth-order valence-electron chi connectivity index (χ4n) is 2.95. The molecule has 2 aromatic carbocycles. The molecular weight excluding hydrogens is 336 g/mol. The Balaban J connectivity index is 1.43. The molecule has 0 bridgehead atoms. The van der Waals surface area contributed by atoms with Gasteiger partial charge in [-0.15, -0.1) is 0 Å². The number of carbonyl (C=O) groups excluding carboxylic acids is 1. The zero-order valence-corrected chi connectivity index (χ0v) is 14.9. The maximum absolute atomic E-state index is 12.0. The number of nitrogens with one attached hydrogen (secondary N) is 2. The maximum atomic E-state index is 12.0. The van der Waals surface area contributed by atoms with Gasteiger partial charge in [0.05, 0.1) is 6.54 Å². The van der Waals surface area contributed by atoms with E-state index < -0.39 is 0 Å². The highest BCUT2D eigenvalue weighted by Gasteiger charge is 2.15. The predicted octanol–water partition coefficient (Wildman–Crippen LogP) is 4.39. The van der Waals surface area contributed by atoms with Gasteiger partial charge in [-0.1, -0.05) is 36.6 Å². The zero-order chi connectivity index (χ0) is 17.5. The molecule has 0 unspecified atom stereocenters. The first-order valence-corrected chi connectivity index (χ1v) is 9.07. The van der Waals surface area contributed by atoms with Gasteiger partial charge in [-0.3, -0.25) is 4.79 Å². The molecule has 1 aliphatic carbocycles. The van der Waals surface area contributed by atoms with E-state index in [0.29, 0.717) is 24.2 Å². The van der Waals surface area contributed by atoms with Gasteiger partial charge in [0.15, 0.2) is 0 Å². The third-order valence-corrected chi connectivity index (χ3v) is 4.62. The number of rotatable bonds is 7. The molecule has 0 aromatic heterocycles. The van der Waals surface area contributed by atoms with Crippen molar-refractivity contribution in [3.63, 3.8) is 0 Å². The summed E-state index contributed by atoms with van der Waals surface area (Å²) >= 11 is 5.87. The monoisotopic (exact) mass is 358 g/mol. The van der Waals surface area contributed by atoms with Crippen LogP contribution in [0.25, 0.3) is 0 Å². The lowest BCUT2D eigenvalue weighted by Crippen LogP contribution is -2.34. The van der Waals surface area contributed by atoms with Crippen LogP contribution in [0.1, 0.15) is 31.2 Å². The molecule has 1 amide bonds. The van der Waals surface area contributed by atoms with Crippen LogP contribution in [0, 0.1) is 0 Å². The average molecular weight is 359 g/mol. The lowest BCUT2D eigenvalue weighted by Gasteiger charge is -2.12. The fourth-order valence-corrected chi connectivity index (χ4v) is 3.08. The normalized spacial score (nSPS) is 14.4. The summed E-state index contributed by atoms with van der Waals surface area (Å²) in [4.78, 5) is 12.0. The summed E-state index contributed by atoms with van der Waals surface area (Å²) in [5, 5.41) is 6.92. The molecule has 1 fully saturated rings. The predicted molar refractivity (Wildman–Crippen MR) is 101 cm³/mol. The van der Waals surface area contributed by atoms with Crippen LogP contribution in [0.15, 0.2) is 48.5 Å². The summed E-state index contributed by atoms with van der Waals surface area (Å²) in [6.07, 6.45) is 4.87. The highest BCUT2D eigenvalue weighted by atomic mass is 35.5. The number of halogens is 1. The molecule has 4 nitrogen and oxygen atoms in total. The molecule has 5 heteroatoms. The van der Waals surface area contributed by atoms with Crippen molar-refractivity contribution in [3.8, 4) is 5.75 Å². The van der Waals surface area contributed by atoms with Crippen molar-refractivity contribution in [2.75, 3.05) is 11.9 Å². The summed E-state index contributed by atoms with van der Waals surface area (Å²) in [5.41, 5.74) is 1.83. The SMILES string of the molecule is O=C(CNC1CCCC1)Nc1ccc(OCc2ccc(Cl)cc2)cc1.